The predicted molar refractivity (Wildman–Crippen MR) is 115 cm³/mol. The second-order valence-corrected chi connectivity index (χ2v) is 8.66. The molecule has 2 fully saturated rings. The van der Waals surface area contributed by atoms with E-state index in [-0.39, 0.29) is 12.1 Å². The quantitative estimate of drug-likeness (QED) is 0.698. The van der Waals surface area contributed by atoms with Gasteiger partial charge in [0.1, 0.15) is 0 Å². The molecule has 4 N–H and O–H groups in total. The van der Waals surface area contributed by atoms with E-state index in [0.29, 0.717) is 23.8 Å². The third-order valence-corrected chi connectivity index (χ3v) is 6.63. The Balaban J connectivity index is 1.76. The molecule has 158 valence electrons. The number of rotatable bonds is 6. The molecule has 1 aliphatic carbocycles. The second kappa shape index (κ2) is 7.50. The van der Waals surface area contributed by atoms with Crippen LogP contribution in [-0.4, -0.2) is 42.1 Å². The molecule has 2 aromatic rings. The van der Waals surface area contributed by atoms with Gasteiger partial charge in [-0.2, -0.15) is 4.68 Å². The summed E-state index contributed by atoms with van der Waals surface area (Å²) in [7, 11) is 1.70. The van der Waals surface area contributed by atoms with Crippen molar-refractivity contribution in [1.29, 1.82) is 0 Å². The van der Waals surface area contributed by atoms with Crippen molar-refractivity contribution in [2.45, 2.75) is 45.2 Å². The Kier molecular flexibility index (Phi) is 5.16. The molecule has 29 heavy (non-hydrogen) atoms. The maximum Gasteiger partial charge on any atom is 0.350 e. The normalized spacial score (nSPS) is 23.1. The standard InChI is InChI=1S/C21H31N5O3/c1-12-10-24(11-16(12)17(22)8-9-29-3)18-7-6-15-19(13(18)2)25(14-4-5-14)21(28)26(23)20(15)27/h6-7,12,14,16-17H,4-5,8-11,22-23H2,1-3H3/t12-,16-,17+/m0/s1. The van der Waals surface area contributed by atoms with Gasteiger partial charge < -0.3 is 21.2 Å². The number of fused-ring (bicyclic) bond motifs is 1. The summed E-state index contributed by atoms with van der Waals surface area (Å²) in [5.41, 5.74) is 8.32. The maximum absolute atomic E-state index is 12.7. The molecule has 1 aliphatic heterocycles. The molecule has 0 spiro atoms. The Morgan fingerprint density at radius 3 is 2.62 bits per heavy atom. The molecule has 1 saturated heterocycles. The van der Waals surface area contributed by atoms with E-state index in [0.717, 1.165) is 53.8 Å². The number of methoxy groups -OCH3 is 1. The van der Waals surface area contributed by atoms with Crippen LogP contribution in [0, 0.1) is 18.8 Å². The Morgan fingerprint density at radius 2 is 1.97 bits per heavy atom. The Hall–Kier alpha value is -2.32. The molecule has 0 unspecified atom stereocenters. The third-order valence-electron chi connectivity index (χ3n) is 6.63. The molecule has 0 radical (unpaired) electrons. The summed E-state index contributed by atoms with van der Waals surface area (Å²) in [6.45, 7) is 6.66. The summed E-state index contributed by atoms with van der Waals surface area (Å²) < 4.78 is 7.65. The van der Waals surface area contributed by atoms with Gasteiger partial charge in [0.15, 0.2) is 0 Å². The third kappa shape index (κ3) is 3.34. The number of nitrogen functional groups attached to an aromatic ring is 1. The van der Waals surface area contributed by atoms with E-state index in [9.17, 15) is 9.59 Å². The minimum Gasteiger partial charge on any atom is -0.385 e. The van der Waals surface area contributed by atoms with E-state index < -0.39 is 11.2 Å². The summed E-state index contributed by atoms with van der Waals surface area (Å²) in [5, 5.41) is 0.501. The van der Waals surface area contributed by atoms with E-state index in [1.54, 1.807) is 11.7 Å². The minimum atomic E-state index is -0.439. The number of nitrogens with two attached hydrogens (primary N) is 2. The Labute approximate surface area is 170 Å². The molecular formula is C21H31N5O3. The number of hydrogen-bond acceptors (Lipinski definition) is 6. The molecule has 8 heteroatoms. The first kappa shape index (κ1) is 20.0. The zero-order valence-corrected chi connectivity index (χ0v) is 17.4. The van der Waals surface area contributed by atoms with Gasteiger partial charge in [0.2, 0.25) is 0 Å². The highest BCUT2D eigenvalue weighted by Crippen LogP contribution is 2.39. The van der Waals surface area contributed by atoms with Crippen LogP contribution in [0.25, 0.3) is 10.9 Å². The van der Waals surface area contributed by atoms with Gasteiger partial charge in [0.25, 0.3) is 5.56 Å². The highest BCUT2D eigenvalue weighted by molar-refractivity contribution is 5.87. The van der Waals surface area contributed by atoms with Crippen molar-refractivity contribution in [1.82, 2.24) is 9.24 Å². The smallest absolute Gasteiger partial charge is 0.350 e. The highest BCUT2D eigenvalue weighted by atomic mass is 16.5. The van der Waals surface area contributed by atoms with Gasteiger partial charge >= 0.3 is 5.69 Å². The lowest BCUT2D eigenvalue weighted by Gasteiger charge is -2.25. The van der Waals surface area contributed by atoms with E-state index in [4.69, 9.17) is 16.3 Å². The number of aryl methyl sites for hydroxylation is 1. The fourth-order valence-corrected chi connectivity index (χ4v) is 4.83. The zero-order valence-electron chi connectivity index (χ0n) is 17.4. The van der Waals surface area contributed by atoms with Crippen molar-refractivity contribution in [3.05, 3.63) is 38.5 Å². The van der Waals surface area contributed by atoms with Gasteiger partial charge in [-0.25, -0.2) is 4.79 Å². The summed E-state index contributed by atoms with van der Waals surface area (Å²) in [4.78, 5) is 27.7. The van der Waals surface area contributed by atoms with Crippen LogP contribution in [0.2, 0.25) is 0 Å². The zero-order chi connectivity index (χ0) is 20.9. The Bertz CT molecular complexity index is 1040. The van der Waals surface area contributed by atoms with Crippen LogP contribution >= 0.6 is 0 Å². The first-order valence-corrected chi connectivity index (χ1v) is 10.4. The van der Waals surface area contributed by atoms with Crippen LogP contribution in [0.1, 0.15) is 37.8 Å². The number of aromatic nitrogens is 2. The molecule has 4 rings (SSSR count). The van der Waals surface area contributed by atoms with Gasteiger partial charge in [-0.1, -0.05) is 6.92 Å². The van der Waals surface area contributed by atoms with Gasteiger partial charge in [-0.05, 0) is 55.7 Å². The van der Waals surface area contributed by atoms with Crippen LogP contribution in [-0.2, 0) is 4.74 Å². The molecule has 0 amide bonds. The molecule has 1 saturated carbocycles. The summed E-state index contributed by atoms with van der Waals surface area (Å²) in [6.07, 6.45) is 2.72. The van der Waals surface area contributed by atoms with Crippen molar-refractivity contribution >= 4 is 16.6 Å². The summed E-state index contributed by atoms with van der Waals surface area (Å²) in [5.74, 6) is 6.61. The molecule has 8 nitrogen and oxygen atoms in total. The number of anilines is 1. The maximum atomic E-state index is 12.7. The summed E-state index contributed by atoms with van der Waals surface area (Å²) >= 11 is 0. The van der Waals surface area contributed by atoms with Gasteiger partial charge in [-0.3, -0.25) is 9.36 Å². The molecule has 0 bridgehead atoms. The minimum absolute atomic E-state index is 0.0878. The SMILES string of the molecule is COCC[C@@H](N)[C@H]1CN(c2ccc3c(=O)n(N)c(=O)n(C4CC4)c3c2C)C[C@@H]1C. The monoisotopic (exact) mass is 401 g/mol. The molecule has 2 heterocycles. The van der Waals surface area contributed by atoms with Gasteiger partial charge in [-0.15, -0.1) is 0 Å². The van der Waals surface area contributed by atoms with Gasteiger partial charge in [0, 0.05) is 44.6 Å². The average molecular weight is 402 g/mol. The first-order valence-electron chi connectivity index (χ1n) is 10.4. The molecule has 1 aromatic heterocycles. The van der Waals surface area contributed by atoms with Crippen LogP contribution in [0.3, 0.4) is 0 Å². The fraction of sp³-hybridized carbons (Fsp3) is 0.619. The highest BCUT2D eigenvalue weighted by Gasteiger charge is 2.35. The fourth-order valence-electron chi connectivity index (χ4n) is 4.83. The molecular weight excluding hydrogens is 370 g/mol. The van der Waals surface area contributed by atoms with Crippen LogP contribution in [0.5, 0.6) is 0 Å². The lowest BCUT2D eigenvalue weighted by atomic mass is 9.89. The Morgan fingerprint density at radius 1 is 1.24 bits per heavy atom. The molecule has 2 aliphatic rings. The van der Waals surface area contributed by atoms with Crippen molar-refractivity contribution in [2.75, 3.05) is 37.5 Å². The van der Waals surface area contributed by atoms with Crippen molar-refractivity contribution < 1.29 is 4.74 Å². The van der Waals surface area contributed by atoms with E-state index in [1.165, 1.54) is 0 Å². The lowest BCUT2D eigenvalue weighted by molar-refractivity contribution is 0.176. The van der Waals surface area contributed by atoms with E-state index in [2.05, 4.69) is 11.8 Å². The largest absolute Gasteiger partial charge is 0.385 e. The summed E-state index contributed by atoms with van der Waals surface area (Å²) in [6, 6.07) is 4.01. The number of benzene rings is 1. The van der Waals surface area contributed by atoms with Crippen LogP contribution in [0.4, 0.5) is 5.69 Å². The van der Waals surface area contributed by atoms with Gasteiger partial charge in [0.05, 0.1) is 10.9 Å². The number of hydrogen-bond donors (Lipinski definition) is 2. The van der Waals surface area contributed by atoms with Crippen molar-refractivity contribution in [3.63, 3.8) is 0 Å². The predicted octanol–water partition coefficient (Wildman–Crippen LogP) is 0.956. The molecule has 3 atom stereocenters. The first-order chi connectivity index (χ1) is 13.8. The molecule has 1 aromatic carbocycles. The topological polar surface area (TPSA) is 109 Å². The van der Waals surface area contributed by atoms with Crippen molar-refractivity contribution in [3.8, 4) is 0 Å². The van der Waals surface area contributed by atoms with E-state index in [1.807, 2.05) is 19.1 Å². The average Bonchev–Trinajstić information content (AvgIpc) is 3.46. The number of nitrogens with zero attached hydrogens (tertiary/aromatic N) is 3. The van der Waals surface area contributed by atoms with Crippen LogP contribution in [0.15, 0.2) is 21.7 Å². The van der Waals surface area contributed by atoms with Crippen molar-refractivity contribution in [2.24, 2.45) is 17.6 Å². The number of ether oxygens (including phenoxy) is 1. The van der Waals surface area contributed by atoms with E-state index >= 15 is 0 Å². The lowest BCUT2D eigenvalue weighted by Crippen LogP contribution is -2.44. The second-order valence-electron chi connectivity index (χ2n) is 8.66. The van der Waals surface area contributed by atoms with Crippen LogP contribution < -0.4 is 27.7 Å².